The van der Waals surface area contributed by atoms with Crippen molar-refractivity contribution in [1.82, 2.24) is 5.32 Å². The number of hydrogen-bond donors (Lipinski definition) is 1. The molecule has 16 heavy (non-hydrogen) atoms. The van der Waals surface area contributed by atoms with Gasteiger partial charge in [0.1, 0.15) is 5.76 Å². The molecule has 1 atom stereocenters. The van der Waals surface area contributed by atoms with Gasteiger partial charge in [0.25, 0.3) is 0 Å². The van der Waals surface area contributed by atoms with E-state index < -0.39 is 0 Å². The minimum absolute atomic E-state index is 0.341. The van der Waals surface area contributed by atoms with Crippen molar-refractivity contribution in [2.24, 2.45) is 0 Å². The van der Waals surface area contributed by atoms with Gasteiger partial charge >= 0.3 is 0 Å². The van der Waals surface area contributed by atoms with E-state index in [-0.39, 0.29) is 0 Å². The van der Waals surface area contributed by atoms with Crippen molar-refractivity contribution in [3.63, 3.8) is 0 Å². The van der Waals surface area contributed by atoms with Crippen LogP contribution in [0.15, 0.2) is 39.6 Å². The maximum Gasteiger partial charge on any atom is 0.120 e. The largest absolute Gasteiger partial charge is 0.468 e. The van der Waals surface area contributed by atoms with Gasteiger partial charge < -0.3 is 9.73 Å². The van der Waals surface area contributed by atoms with Gasteiger partial charge in [-0.2, -0.15) is 11.3 Å². The predicted octanol–water partition coefficient (Wildman–Crippen LogP) is 3.62. The second kappa shape index (κ2) is 5.87. The molecule has 0 radical (unpaired) electrons. The van der Waals surface area contributed by atoms with Crippen LogP contribution in [0.1, 0.15) is 30.7 Å². The Bertz CT molecular complexity index is 380. The van der Waals surface area contributed by atoms with Crippen LogP contribution in [0.2, 0.25) is 0 Å². The SMILES string of the molecule is CCC(NCCc1ccsc1)c1ccco1. The summed E-state index contributed by atoms with van der Waals surface area (Å²) in [5, 5.41) is 7.85. The van der Waals surface area contributed by atoms with Gasteiger partial charge in [-0.3, -0.25) is 0 Å². The van der Waals surface area contributed by atoms with Gasteiger partial charge in [-0.25, -0.2) is 0 Å². The average molecular weight is 235 g/mol. The lowest BCUT2D eigenvalue weighted by atomic mass is 10.1. The Kier molecular flexibility index (Phi) is 4.19. The van der Waals surface area contributed by atoms with Crippen LogP contribution in [-0.2, 0) is 6.42 Å². The number of nitrogens with one attached hydrogen (secondary N) is 1. The standard InChI is InChI=1S/C13H17NOS/c1-2-12(13-4-3-8-15-13)14-7-5-11-6-9-16-10-11/h3-4,6,8-10,12,14H,2,5,7H2,1H3. The van der Waals surface area contributed by atoms with Crippen molar-refractivity contribution >= 4 is 11.3 Å². The summed E-state index contributed by atoms with van der Waals surface area (Å²) in [6.45, 7) is 3.17. The number of rotatable bonds is 6. The molecule has 0 aliphatic carbocycles. The molecule has 0 fully saturated rings. The topological polar surface area (TPSA) is 25.2 Å². The van der Waals surface area contributed by atoms with Crippen LogP contribution in [0.25, 0.3) is 0 Å². The zero-order valence-corrected chi connectivity index (χ0v) is 10.3. The fourth-order valence-electron chi connectivity index (χ4n) is 1.76. The highest BCUT2D eigenvalue weighted by molar-refractivity contribution is 7.07. The van der Waals surface area contributed by atoms with E-state index >= 15 is 0 Å². The molecule has 3 heteroatoms. The third kappa shape index (κ3) is 2.97. The maximum atomic E-state index is 5.41. The van der Waals surface area contributed by atoms with Crippen LogP contribution in [0.5, 0.6) is 0 Å². The summed E-state index contributed by atoms with van der Waals surface area (Å²) in [5.74, 6) is 1.04. The van der Waals surface area contributed by atoms with E-state index in [1.54, 1.807) is 17.6 Å². The van der Waals surface area contributed by atoms with Crippen molar-refractivity contribution < 1.29 is 4.42 Å². The minimum atomic E-state index is 0.341. The van der Waals surface area contributed by atoms with Crippen molar-refractivity contribution in [2.45, 2.75) is 25.8 Å². The summed E-state index contributed by atoms with van der Waals surface area (Å²) >= 11 is 1.76. The van der Waals surface area contributed by atoms with Gasteiger partial charge in [0, 0.05) is 0 Å². The zero-order valence-electron chi connectivity index (χ0n) is 9.48. The molecular formula is C13H17NOS. The van der Waals surface area contributed by atoms with Crippen LogP contribution in [0.3, 0.4) is 0 Å². The Morgan fingerprint density at radius 3 is 3.00 bits per heavy atom. The second-order valence-electron chi connectivity index (χ2n) is 3.81. The fraction of sp³-hybridized carbons (Fsp3) is 0.385. The quantitative estimate of drug-likeness (QED) is 0.827. The van der Waals surface area contributed by atoms with Gasteiger partial charge in [-0.05, 0) is 53.9 Å². The fourth-order valence-corrected chi connectivity index (χ4v) is 2.46. The lowest BCUT2D eigenvalue weighted by Gasteiger charge is -2.13. The van der Waals surface area contributed by atoms with Crippen molar-refractivity contribution in [3.8, 4) is 0 Å². The first-order chi connectivity index (χ1) is 7.90. The normalized spacial score (nSPS) is 12.8. The minimum Gasteiger partial charge on any atom is -0.468 e. The number of furan rings is 1. The Morgan fingerprint density at radius 1 is 1.44 bits per heavy atom. The summed E-state index contributed by atoms with van der Waals surface area (Å²) < 4.78 is 5.41. The van der Waals surface area contributed by atoms with Crippen molar-refractivity contribution in [2.75, 3.05) is 6.54 Å². The summed E-state index contributed by atoms with van der Waals surface area (Å²) in [4.78, 5) is 0. The third-order valence-corrected chi connectivity index (χ3v) is 3.41. The molecule has 0 aromatic carbocycles. The van der Waals surface area contributed by atoms with Crippen LogP contribution in [-0.4, -0.2) is 6.54 Å². The molecular weight excluding hydrogens is 218 g/mol. The van der Waals surface area contributed by atoms with E-state index in [4.69, 9.17) is 4.42 Å². The van der Waals surface area contributed by atoms with Gasteiger partial charge in [0.2, 0.25) is 0 Å². The molecule has 1 N–H and O–H groups in total. The first-order valence-electron chi connectivity index (χ1n) is 5.68. The molecule has 0 aliphatic heterocycles. The monoisotopic (exact) mass is 235 g/mol. The number of thiophene rings is 1. The van der Waals surface area contributed by atoms with E-state index in [1.165, 1.54) is 5.56 Å². The van der Waals surface area contributed by atoms with E-state index in [1.807, 2.05) is 12.1 Å². The summed E-state index contributed by atoms with van der Waals surface area (Å²) in [6, 6.07) is 6.50. The first kappa shape index (κ1) is 11.4. The molecule has 0 saturated heterocycles. The lowest BCUT2D eigenvalue weighted by molar-refractivity contribution is 0.406. The molecule has 86 valence electrons. The average Bonchev–Trinajstić information content (AvgIpc) is 2.96. The smallest absolute Gasteiger partial charge is 0.120 e. The molecule has 0 aliphatic rings. The first-order valence-corrected chi connectivity index (χ1v) is 6.62. The predicted molar refractivity (Wildman–Crippen MR) is 67.8 cm³/mol. The molecule has 2 rings (SSSR count). The second-order valence-corrected chi connectivity index (χ2v) is 4.59. The molecule has 0 saturated carbocycles. The molecule has 0 bridgehead atoms. The third-order valence-electron chi connectivity index (χ3n) is 2.68. The molecule has 2 aromatic rings. The molecule has 2 aromatic heterocycles. The summed E-state index contributed by atoms with van der Waals surface area (Å²) in [6.07, 6.45) is 3.87. The zero-order chi connectivity index (χ0) is 11.2. The summed E-state index contributed by atoms with van der Waals surface area (Å²) in [5.41, 5.74) is 1.41. The Balaban J connectivity index is 1.80. The van der Waals surface area contributed by atoms with Gasteiger partial charge in [-0.15, -0.1) is 0 Å². The van der Waals surface area contributed by atoms with Crippen molar-refractivity contribution in [1.29, 1.82) is 0 Å². The van der Waals surface area contributed by atoms with Crippen molar-refractivity contribution in [3.05, 3.63) is 46.5 Å². The Hall–Kier alpha value is -1.06. The van der Waals surface area contributed by atoms with Gasteiger partial charge in [0.05, 0.1) is 12.3 Å². The van der Waals surface area contributed by atoms with Crippen LogP contribution in [0, 0.1) is 0 Å². The molecule has 1 unspecified atom stereocenters. The van der Waals surface area contributed by atoms with E-state index in [9.17, 15) is 0 Å². The van der Waals surface area contributed by atoms with E-state index in [0.717, 1.165) is 25.1 Å². The lowest BCUT2D eigenvalue weighted by Crippen LogP contribution is -2.22. The van der Waals surface area contributed by atoms with Gasteiger partial charge in [-0.1, -0.05) is 6.92 Å². The highest BCUT2D eigenvalue weighted by atomic mass is 32.1. The Morgan fingerprint density at radius 2 is 2.38 bits per heavy atom. The van der Waals surface area contributed by atoms with Crippen LogP contribution < -0.4 is 5.32 Å². The highest BCUT2D eigenvalue weighted by Crippen LogP contribution is 2.16. The van der Waals surface area contributed by atoms with Crippen LogP contribution in [0.4, 0.5) is 0 Å². The van der Waals surface area contributed by atoms with Gasteiger partial charge in [0.15, 0.2) is 0 Å². The maximum absolute atomic E-state index is 5.41. The number of hydrogen-bond acceptors (Lipinski definition) is 3. The highest BCUT2D eigenvalue weighted by Gasteiger charge is 2.10. The van der Waals surface area contributed by atoms with E-state index in [0.29, 0.717) is 6.04 Å². The molecule has 2 nitrogen and oxygen atoms in total. The summed E-state index contributed by atoms with van der Waals surface area (Å²) in [7, 11) is 0. The molecule has 2 heterocycles. The van der Waals surface area contributed by atoms with Crippen LogP contribution >= 0.6 is 11.3 Å². The Labute approximate surface area is 100 Å². The molecule has 0 spiro atoms. The molecule has 0 amide bonds. The van der Waals surface area contributed by atoms with E-state index in [2.05, 4.69) is 29.1 Å².